The van der Waals surface area contributed by atoms with Crippen LogP contribution in [0.25, 0.3) is 0 Å². The molecule has 0 amide bonds. The van der Waals surface area contributed by atoms with E-state index in [1.807, 2.05) is 6.92 Å². The highest BCUT2D eigenvalue weighted by atomic mass is 35.5. The summed E-state index contributed by atoms with van der Waals surface area (Å²) >= 11 is 5.50. The Labute approximate surface area is 232 Å². The zero-order valence-corrected chi connectivity index (χ0v) is 23.9. The third kappa shape index (κ3) is 21.0. The summed E-state index contributed by atoms with van der Waals surface area (Å²) in [6.45, 7) is 9.12. The molecule has 0 aliphatic carbocycles. The number of aryl methyl sites for hydroxylation is 1. The van der Waals surface area contributed by atoms with Gasteiger partial charge in [-0.25, -0.2) is 0 Å². The van der Waals surface area contributed by atoms with Crippen LogP contribution in [0.4, 0.5) is 0 Å². The van der Waals surface area contributed by atoms with Crippen LogP contribution in [0.2, 0.25) is 0 Å². The predicted octanol–water partition coefficient (Wildman–Crippen LogP) is 2.07. The second-order valence-electron chi connectivity index (χ2n) is 7.68. The van der Waals surface area contributed by atoms with E-state index < -0.39 is 10.1 Å². The Morgan fingerprint density at radius 1 is 0.500 bits per heavy atom. The molecule has 11 nitrogen and oxygen atoms in total. The fourth-order valence-electron chi connectivity index (χ4n) is 2.67. The molecule has 222 valence electrons. The lowest BCUT2D eigenvalue weighted by Gasteiger charge is -2.09. The first-order chi connectivity index (χ1) is 18.6. The van der Waals surface area contributed by atoms with Gasteiger partial charge in [-0.05, 0) is 19.1 Å². The SMILES string of the molecule is Cc1ccc(S(=O)(=O)OCCOCCOCCOCCOCCOCCOCCOCCOCCCl)cc1. The molecule has 1 rings (SSSR count). The lowest BCUT2D eigenvalue weighted by atomic mass is 10.2. The summed E-state index contributed by atoms with van der Waals surface area (Å²) in [7, 11) is -3.76. The van der Waals surface area contributed by atoms with Crippen molar-refractivity contribution in [2.75, 3.05) is 118 Å². The van der Waals surface area contributed by atoms with Gasteiger partial charge in [0.1, 0.15) is 0 Å². The van der Waals surface area contributed by atoms with E-state index in [0.29, 0.717) is 105 Å². The molecule has 0 heterocycles. The first-order valence-corrected chi connectivity index (χ1v) is 14.6. The highest BCUT2D eigenvalue weighted by molar-refractivity contribution is 7.86. The first kappa shape index (κ1) is 35.1. The molecular formula is C25H43ClO11S. The summed E-state index contributed by atoms with van der Waals surface area (Å²) in [6, 6.07) is 6.48. The monoisotopic (exact) mass is 586 g/mol. The maximum absolute atomic E-state index is 12.0. The second kappa shape index (κ2) is 25.1. The van der Waals surface area contributed by atoms with E-state index >= 15 is 0 Å². The van der Waals surface area contributed by atoms with Gasteiger partial charge in [-0.1, -0.05) is 17.7 Å². The number of halogens is 1. The fraction of sp³-hybridized carbons (Fsp3) is 0.760. The van der Waals surface area contributed by atoms with E-state index in [4.69, 9.17) is 53.7 Å². The zero-order chi connectivity index (χ0) is 27.6. The van der Waals surface area contributed by atoms with E-state index in [0.717, 1.165) is 5.56 Å². The third-order valence-electron chi connectivity index (χ3n) is 4.60. The maximum Gasteiger partial charge on any atom is 0.297 e. The van der Waals surface area contributed by atoms with Gasteiger partial charge in [0.05, 0.1) is 117 Å². The van der Waals surface area contributed by atoms with Crippen molar-refractivity contribution in [2.24, 2.45) is 0 Å². The van der Waals surface area contributed by atoms with Crippen molar-refractivity contribution in [3.05, 3.63) is 29.8 Å². The summed E-state index contributed by atoms with van der Waals surface area (Å²) < 4.78 is 71.9. The molecule has 1 aromatic carbocycles. The standard InChI is InChI=1S/C25H43ClO11S/c1-24-2-4-25(5-3-24)38(27,28)37-23-22-36-21-20-35-19-18-34-17-16-33-15-14-32-13-12-31-11-10-30-9-8-29-7-6-26/h2-5H,6-23H2,1H3. The summed E-state index contributed by atoms with van der Waals surface area (Å²) in [5.41, 5.74) is 0.977. The molecule has 0 N–H and O–H groups in total. The molecular weight excluding hydrogens is 544 g/mol. The van der Waals surface area contributed by atoms with Gasteiger partial charge < -0.3 is 37.9 Å². The smallest absolute Gasteiger partial charge is 0.297 e. The summed E-state index contributed by atoms with van der Waals surface area (Å²) in [5.74, 6) is 0.490. The number of benzene rings is 1. The molecule has 0 atom stereocenters. The molecule has 0 aromatic heterocycles. The quantitative estimate of drug-likeness (QED) is 0.0816. The number of hydrogen-bond donors (Lipinski definition) is 0. The minimum absolute atomic E-state index is 0.0551. The van der Waals surface area contributed by atoms with Crippen molar-refractivity contribution in [1.82, 2.24) is 0 Å². The molecule has 13 heteroatoms. The van der Waals surface area contributed by atoms with Crippen LogP contribution in [-0.4, -0.2) is 127 Å². The molecule has 0 saturated heterocycles. The van der Waals surface area contributed by atoms with Crippen molar-refractivity contribution in [3.8, 4) is 0 Å². The second-order valence-corrected chi connectivity index (χ2v) is 9.67. The van der Waals surface area contributed by atoms with Gasteiger partial charge in [0, 0.05) is 5.88 Å². The third-order valence-corrected chi connectivity index (χ3v) is 6.08. The van der Waals surface area contributed by atoms with Crippen LogP contribution < -0.4 is 0 Å². The zero-order valence-electron chi connectivity index (χ0n) is 22.3. The molecule has 0 spiro atoms. The minimum Gasteiger partial charge on any atom is -0.378 e. The Morgan fingerprint density at radius 2 is 0.789 bits per heavy atom. The lowest BCUT2D eigenvalue weighted by molar-refractivity contribution is -0.0233. The Bertz CT molecular complexity index is 750. The number of alkyl halides is 1. The topological polar surface area (TPSA) is 117 Å². The van der Waals surface area contributed by atoms with E-state index in [9.17, 15) is 8.42 Å². The molecule has 0 saturated carbocycles. The van der Waals surface area contributed by atoms with Crippen LogP contribution in [-0.2, 0) is 52.2 Å². The van der Waals surface area contributed by atoms with Gasteiger partial charge in [0.15, 0.2) is 0 Å². The molecule has 38 heavy (non-hydrogen) atoms. The minimum atomic E-state index is -3.76. The Kier molecular flexibility index (Phi) is 23.2. The largest absolute Gasteiger partial charge is 0.378 e. The summed E-state index contributed by atoms with van der Waals surface area (Å²) in [5, 5.41) is 0. The van der Waals surface area contributed by atoms with Crippen LogP contribution in [0, 0.1) is 6.92 Å². The normalized spacial score (nSPS) is 11.8. The van der Waals surface area contributed by atoms with Gasteiger partial charge in [-0.15, -0.1) is 11.6 Å². The Hall–Kier alpha value is -0.900. The van der Waals surface area contributed by atoms with Gasteiger partial charge in [0.25, 0.3) is 10.1 Å². The fourth-order valence-corrected chi connectivity index (χ4v) is 3.67. The number of rotatable bonds is 28. The summed E-state index contributed by atoms with van der Waals surface area (Å²) in [4.78, 5) is 0.130. The summed E-state index contributed by atoms with van der Waals surface area (Å²) in [6.07, 6.45) is 0. The average Bonchev–Trinajstić information content (AvgIpc) is 2.91. The molecule has 0 aliphatic rings. The molecule has 0 bridgehead atoms. The molecule has 0 fully saturated rings. The van der Waals surface area contributed by atoms with Gasteiger partial charge in [-0.2, -0.15) is 8.42 Å². The van der Waals surface area contributed by atoms with E-state index in [-0.39, 0.29) is 18.1 Å². The van der Waals surface area contributed by atoms with Crippen LogP contribution in [0.15, 0.2) is 29.2 Å². The highest BCUT2D eigenvalue weighted by Crippen LogP contribution is 2.12. The first-order valence-electron chi connectivity index (χ1n) is 12.7. The number of hydrogen-bond acceptors (Lipinski definition) is 11. The van der Waals surface area contributed by atoms with Crippen molar-refractivity contribution >= 4 is 21.7 Å². The Morgan fingerprint density at radius 3 is 1.11 bits per heavy atom. The van der Waals surface area contributed by atoms with Crippen LogP contribution in [0.1, 0.15) is 5.56 Å². The Balaban J connectivity index is 1.73. The van der Waals surface area contributed by atoms with Crippen LogP contribution in [0.3, 0.4) is 0 Å². The molecule has 1 aromatic rings. The highest BCUT2D eigenvalue weighted by Gasteiger charge is 2.14. The van der Waals surface area contributed by atoms with Crippen LogP contribution in [0.5, 0.6) is 0 Å². The van der Waals surface area contributed by atoms with E-state index in [1.165, 1.54) is 12.1 Å². The average molecular weight is 587 g/mol. The van der Waals surface area contributed by atoms with E-state index in [2.05, 4.69) is 0 Å². The van der Waals surface area contributed by atoms with Crippen molar-refractivity contribution in [2.45, 2.75) is 11.8 Å². The van der Waals surface area contributed by atoms with Crippen molar-refractivity contribution in [3.63, 3.8) is 0 Å². The van der Waals surface area contributed by atoms with Gasteiger partial charge in [-0.3, -0.25) is 4.18 Å². The van der Waals surface area contributed by atoms with E-state index in [1.54, 1.807) is 12.1 Å². The van der Waals surface area contributed by atoms with Crippen molar-refractivity contribution < 1.29 is 50.5 Å². The lowest BCUT2D eigenvalue weighted by Crippen LogP contribution is -2.15. The maximum atomic E-state index is 12.0. The van der Waals surface area contributed by atoms with Gasteiger partial charge >= 0.3 is 0 Å². The molecule has 0 radical (unpaired) electrons. The molecule has 0 unspecified atom stereocenters. The number of ether oxygens (including phenoxy) is 8. The van der Waals surface area contributed by atoms with Gasteiger partial charge in [0.2, 0.25) is 0 Å². The predicted molar refractivity (Wildman–Crippen MR) is 142 cm³/mol. The molecule has 0 aliphatic heterocycles. The van der Waals surface area contributed by atoms with Crippen molar-refractivity contribution in [1.29, 1.82) is 0 Å². The van der Waals surface area contributed by atoms with Crippen LogP contribution >= 0.6 is 11.6 Å².